The molecule has 0 radical (unpaired) electrons. The Labute approximate surface area is 322 Å². The van der Waals surface area contributed by atoms with Gasteiger partial charge in [-0.2, -0.15) is 0 Å². The summed E-state index contributed by atoms with van der Waals surface area (Å²) in [6.07, 6.45) is 0. The summed E-state index contributed by atoms with van der Waals surface area (Å²) < 4.78 is 12.9. The van der Waals surface area contributed by atoms with E-state index < -0.39 is 0 Å². The van der Waals surface area contributed by atoms with Crippen molar-refractivity contribution in [3.63, 3.8) is 0 Å². The maximum Gasteiger partial charge on any atom is 0.164 e. The van der Waals surface area contributed by atoms with Crippen molar-refractivity contribution in [2.24, 2.45) is 0 Å². The molecule has 3 aromatic heterocycles. The zero-order chi connectivity index (χ0) is 37.0. The summed E-state index contributed by atoms with van der Waals surface area (Å²) in [6.45, 7) is 0. The second-order valence-electron chi connectivity index (χ2n) is 14.0. The lowest BCUT2D eigenvalue weighted by atomic mass is 9.91. The van der Waals surface area contributed by atoms with Gasteiger partial charge in [-0.3, -0.25) is 0 Å². The van der Waals surface area contributed by atoms with Gasteiger partial charge in [0, 0.05) is 38.2 Å². The summed E-state index contributed by atoms with van der Waals surface area (Å²) in [5.74, 6) is 1.80. The summed E-state index contributed by atoms with van der Waals surface area (Å²) in [4.78, 5) is 15.1. The van der Waals surface area contributed by atoms with Crippen molar-refractivity contribution in [1.29, 1.82) is 0 Å². The molecule has 0 bridgehead atoms. The van der Waals surface area contributed by atoms with Crippen molar-refractivity contribution in [2.75, 3.05) is 0 Å². The van der Waals surface area contributed by atoms with Crippen LogP contribution in [0.3, 0.4) is 0 Å². The summed E-state index contributed by atoms with van der Waals surface area (Å²) >= 11 is 0. The highest BCUT2D eigenvalue weighted by molar-refractivity contribution is 6.14. The van der Waals surface area contributed by atoms with E-state index >= 15 is 0 Å². The van der Waals surface area contributed by atoms with Crippen LogP contribution in [0.5, 0.6) is 0 Å². The maximum absolute atomic E-state index is 6.62. The summed E-state index contributed by atoms with van der Waals surface area (Å²) in [5.41, 5.74) is 12.7. The summed E-state index contributed by atoms with van der Waals surface area (Å²) in [6, 6.07) is 64.6. The average Bonchev–Trinajstić information content (AvgIpc) is 3.84. The average molecular weight is 718 g/mol. The normalized spacial score (nSPS) is 11.6. The minimum atomic E-state index is 0.577. The van der Waals surface area contributed by atoms with Gasteiger partial charge in [0.15, 0.2) is 17.5 Å². The zero-order valence-electron chi connectivity index (χ0n) is 30.1. The van der Waals surface area contributed by atoms with E-state index in [9.17, 15) is 0 Å². The molecule has 0 saturated carbocycles. The number of nitrogens with zero attached hydrogens (tertiary/aromatic N) is 3. The predicted octanol–water partition coefficient (Wildman–Crippen LogP) is 13.7. The fourth-order valence-electron chi connectivity index (χ4n) is 7.87. The second-order valence-corrected chi connectivity index (χ2v) is 14.0. The van der Waals surface area contributed by atoms with Crippen LogP contribution in [0.4, 0.5) is 0 Å². The molecule has 11 aromatic rings. The van der Waals surface area contributed by atoms with Crippen LogP contribution in [-0.2, 0) is 0 Å². The Morgan fingerprint density at radius 2 is 0.768 bits per heavy atom. The Kier molecular flexibility index (Phi) is 7.42. The van der Waals surface area contributed by atoms with E-state index in [1.807, 2.05) is 54.6 Å². The highest BCUT2D eigenvalue weighted by Crippen LogP contribution is 2.42. The van der Waals surface area contributed by atoms with Gasteiger partial charge < -0.3 is 8.83 Å². The number of benzene rings is 8. The Morgan fingerprint density at radius 1 is 0.268 bits per heavy atom. The molecule has 11 rings (SSSR count). The lowest BCUT2D eigenvalue weighted by Gasteiger charge is -2.11. The molecule has 0 aliphatic rings. The molecule has 5 nitrogen and oxygen atoms in total. The quantitative estimate of drug-likeness (QED) is 0.171. The van der Waals surface area contributed by atoms with E-state index in [1.165, 1.54) is 0 Å². The van der Waals surface area contributed by atoms with E-state index in [1.54, 1.807) is 0 Å². The standard InChI is InChI=1S/C51H31N3O2/c1-3-13-32(14-4-1)34-17-11-18-36(29-34)50-52-49(33-15-5-2-6-16-33)53-51(54-50)37-26-28-43-47(31-37)56-45-24-12-22-42(48(43)45)39-20-8-7-19-38(39)35-25-27-41-40-21-9-10-23-44(40)55-46(41)30-35/h1-31H. The third kappa shape index (κ3) is 5.45. The van der Waals surface area contributed by atoms with Crippen LogP contribution in [0, 0.1) is 0 Å². The van der Waals surface area contributed by atoms with Crippen molar-refractivity contribution in [3.05, 3.63) is 188 Å². The van der Waals surface area contributed by atoms with Crippen LogP contribution in [0.25, 0.3) is 111 Å². The van der Waals surface area contributed by atoms with Gasteiger partial charge in [0.05, 0.1) is 0 Å². The van der Waals surface area contributed by atoms with Crippen LogP contribution in [0.15, 0.2) is 197 Å². The van der Waals surface area contributed by atoms with Gasteiger partial charge in [0.25, 0.3) is 0 Å². The van der Waals surface area contributed by atoms with E-state index in [0.29, 0.717) is 17.5 Å². The minimum absolute atomic E-state index is 0.577. The maximum atomic E-state index is 6.62. The van der Waals surface area contributed by atoms with Gasteiger partial charge in [-0.1, -0.05) is 146 Å². The number of furan rings is 2. The fourth-order valence-corrected chi connectivity index (χ4v) is 7.87. The van der Waals surface area contributed by atoms with Gasteiger partial charge >= 0.3 is 0 Å². The Balaban J connectivity index is 1.03. The lowest BCUT2D eigenvalue weighted by molar-refractivity contribution is 0.668. The molecular formula is C51H31N3O2. The van der Waals surface area contributed by atoms with Crippen molar-refractivity contribution >= 4 is 43.9 Å². The lowest BCUT2D eigenvalue weighted by Crippen LogP contribution is -2.00. The van der Waals surface area contributed by atoms with E-state index in [0.717, 1.165) is 93.9 Å². The second kappa shape index (κ2) is 13.0. The monoisotopic (exact) mass is 717 g/mol. The number of hydrogen-bond acceptors (Lipinski definition) is 5. The number of hydrogen-bond donors (Lipinski definition) is 0. The molecule has 0 spiro atoms. The molecule has 0 fully saturated rings. The molecule has 0 N–H and O–H groups in total. The van der Waals surface area contributed by atoms with Gasteiger partial charge in [0.2, 0.25) is 0 Å². The molecule has 0 atom stereocenters. The van der Waals surface area contributed by atoms with Crippen LogP contribution < -0.4 is 0 Å². The van der Waals surface area contributed by atoms with Crippen LogP contribution in [0.2, 0.25) is 0 Å². The first-order chi connectivity index (χ1) is 27.7. The Bertz CT molecular complexity index is 3250. The SMILES string of the molecule is c1ccc(-c2cccc(-c3nc(-c4ccccc4)nc(-c4ccc5c(c4)oc4cccc(-c6ccccc6-c6ccc7c(c6)oc6ccccc67)c45)n3)c2)cc1. The minimum Gasteiger partial charge on any atom is -0.456 e. The largest absolute Gasteiger partial charge is 0.456 e. The third-order valence-corrected chi connectivity index (χ3v) is 10.6. The first-order valence-electron chi connectivity index (χ1n) is 18.7. The topological polar surface area (TPSA) is 65.0 Å². The first-order valence-corrected chi connectivity index (χ1v) is 18.7. The molecular weight excluding hydrogens is 687 g/mol. The highest BCUT2D eigenvalue weighted by atomic mass is 16.3. The Hall–Kier alpha value is -7.63. The van der Waals surface area contributed by atoms with Crippen LogP contribution >= 0.6 is 0 Å². The van der Waals surface area contributed by atoms with Crippen LogP contribution in [0.1, 0.15) is 0 Å². The van der Waals surface area contributed by atoms with Crippen molar-refractivity contribution < 1.29 is 8.83 Å². The highest BCUT2D eigenvalue weighted by Gasteiger charge is 2.19. The molecule has 0 aliphatic heterocycles. The molecule has 0 aliphatic carbocycles. The van der Waals surface area contributed by atoms with Gasteiger partial charge in [-0.05, 0) is 75.8 Å². The fraction of sp³-hybridized carbons (Fsp3) is 0. The smallest absolute Gasteiger partial charge is 0.164 e. The molecule has 56 heavy (non-hydrogen) atoms. The molecule has 0 unspecified atom stereocenters. The molecule has 0 saturated heterocycles. The molecule has 3 heterocycles. The number of fused-ring (bicyclic) bond motifs is 6. The van der Waals surface area contributed by atoms with Gasteiger partial charge in [-0.25, -0.2) is 15.0 Å². The van der Waals surface area contributed by atoms with Gasteiger partial charge in [0.1, 0.15) is 22.3 Å². The number of rotatable bonds is 6. The number of aromatic nitrogens is 3. The van der Waals surface area contributed by atoms with Crippen molar-refractivity contribution in [3.8, 4) is 67.5 Å². The first kappa shape index (κ1) is 31.9. The third-order valence-electron chi connectivity index (χ3n) is 10.6. The molecule has 8 aromatic carbocycles. The van der Waals surface area contributed by atoms with Crippen LogP contribution in [-0.4, -0.2) is 15.0 Å². The molecule has 262 valence electrons. The van der Waals surface area contributed by atoms with Gasteiger partial charge in [-0.15, -0.1) is 0 Å². The Morgan fingerprint density at radius 3 is 1.59 bits per heavy atom. The summed E-state index contributed by atoms with van der Waals surface area (Å²) in [5, 5.41) is 4.32. The number of para-hydroxylation sites is 1. The van der Waals surface area contributed by atoms with E-state index in [2.05, 4.69) is 133 Å². The van der Waals surface area contributed by atoms with E-state index in [-0.39, 0.29) is 0 Å². The summed E-state index contributed by atoms with van der Waals surface area (Å²) in [7, 11) is 0. The molecule has 5 heteroatoms. The zero-order valence-corrected chi connectivity index (χ0v) is 30.1. The van der Waals surface area contributed by atoms with Crippen molar-refractivity contribution in [1.82, 2.24) is 15.0 Å². The van der Waals surface area contributed by atoms with Crippen molar-refractivity contribution in [2.45, 2.75) is 0 Å². The predicted molar refractivity (Wildman–Crippen MR) is 227 cm³/mol. The molecule has 0 amide bonds. The van der Waals surface area contributed by atoms with E-state index in [4.69, 9.17) is 23.8 Å².